The first-order chi connectivity index (χ1) is 15.4. The Labute approximate surface area is 193 Å². The van der Waals surface area contributed by atoms with E-state index in [-0.39, 0.29) is 17.6 Å². The molecule has 0 aliphatic rings. The normalized spacial score (nSPS) is 11.1. The van der Waals surface area contributed by atoms with Crippen LogP contribution >= 0.6 is 22.9 Å². The minimum absolute atomic E-state index is 0.156. The van der Waals surface area contributed by atoms with Gasteiger partial charge in [-0.15, -0.1) is 11.3 Å². The molecule has 0 atom stereocenters. The SMILES string of the molecule is Cc1ccc2c(Cl)c(C(=O)Nc3ccc(C(=O)N/N=C\c4ccc(O)cc4)cc3)sc2c1. The van der Waals surface area contributed by atoms with Gasteiger partial charge in [-0.1, -0.05) is 23.7 Å². The number of hydrogen-bond acceptors (Lipinski definition) is 5. The Morgan fingerprint density at radius 3 is 2.44 bits per heavy atom. The summed E-state index contributed by atoms with van der Waals surface area (Å²) in [6.07, 6.45) is 1.47. The Morgan fingerprint density at radius 1 is 1.00 bits per heavy atom. The molecule has 0 saturated carbocycles. The Balaban J connectivity index is 1.40. The zero-order valence-electron chi connectivity index (χ0n) is 16.9. The zero-order chi connectivity index (χ0) is 22.7. The van der Waals surface area contributed by atoms with Crippen LogP contribution in [0.5, 0.6) is 5.75 Å². The molecule has 6 nitrogen and oxygen atoms in total. The van der Waals surface area contributed by atoms with Gasteiger partial charge in [-0.05, 0) is 72.6 Å². The van der Waals surface area contributed by atoms with Crippen molar-refractivity contribution in [2.45, 2.75) is 6.92 Å². The molecule has 4 aromatic rings. The van der Waals surface area contributed by atoms with Crippen LogP contribution in [0.1, 0.15) is 31.2 Å². The molecular weight excluding hydrogens is 446 g/mol. The number of phenols is 1. The van der Waals surface area contributed by atoms with Crippen LogP contribution in [0.25, 0.3) is 10.1 Å². The predicted molar refractivity (Wildman–Crippen MR) is 129 cm³/mol. The third-order valence-electron chi connectivity index (χ3n) is 4.67. The lowest BCUT2D eigenvalue weighted by Gasteiger charge is -2.05. The van der Waals surface area contributed by atoms with Crippen LogP contribution in [0.3, 0.4) is 0 Å². The number of rotatable bonds is 5. The molecule has 0 bridgehead atoms. The van der Waals surface area contributed by atoms with E-state index in [1.807, 2.05) is 25.1 Å². The van der Waals surface area contributed by atoms with Crippen LogP contribution in [0, 0.1) is 6.92 Å². The van der Waals surface area contributed by atoms with Gasteiger partial charge in [0.2, 0.25) is 0 Å². The summed E-state index contributed by atoms with van der Waals surface area (Å²) in [5, 5.41) is 17.3. The lowest BCUT2D eigenvalue weighted by molar-refractivity contribution is 0.0954. The van der Waals surface area contributed by atoms with Crippen molar-refractivity contribution in [2.75, 3.05) is 5.32 Å². The molecule has 0 saturated heterocycles. The van der Waals surface area contributed by atoms with Crippen LogP contribution in [0.15, 0.2) is 71.8 Å². The Hall–Kier alpha value is -3.68. The predicted octanol–water partition coefficient (Wildman–Crippen LogP) is 5.58. The number of hydrazone groups is 1. The van der Waals surface area contributed by atoms with E-state index in [0.717, 1.165) is 21.2 Å². The van der Waals surface area contributed by atoms with Crippen LogP contribution < -0.4 is 10.7 Å². The molecule has 1 aromatic heterocycles. The highest BCUT2D eigenvalue weighted by molar-refractivity contribution is 7.21. The maximum Gasteiger partial charge on any atom is 0.271 e. The maximum absolute atomic E-state index is 12.7. The van der Waals surface area contributed by atoms with Gasteiger partial charge in [0.1, 0.15) is 10.6 Å². The van der Waals surface area contributed by atoms with Crippen molar-refractivity contribution in [1.82, 2.24) is 5.43 Å². The fraction of sp³-hybridized carbons (Fsp3) is 0.0417. The Morgan fingerprint density at radius 2 is 1.72 bits per heavy atom. The van der Waals surface area contributed by atoms with E-state index in [1.54, 1.807) is 36.4 Å². The topological polar surface area (TPSA) is 90.8 Å². The first-order valence-electron chi connectivity index (χ1n) is 9.63. The number of benzene rings is 3. The lowest BCUT2D eigenvalue weighted by Crippen LogP contribution is -2.17. The molecule has 8 heteroatoms. The van der Waals surface area contributed by atoms with Gasteiger partial charge in [-0.2, -0.15) is 5.10 Å². The summed E-state index contributed by atoms with van der Waals surface area (Å²) in [6.45, 7) is 1.99. The molecule has 160 valence electrons. The van der Waals surface area contributed by atoms with Crippen LogP contribution in [0.2, 0.25) is 5.02 Å². The minimum Gasteiger partial charge on any atom is -0.508 e. The van der Waals surface area contributed by atoms with Crippen molar-refractivity contribution in [2.24, 2.45) is 5.10 Å². The van der Waals surface area contributed by atoms with E-state index in [4.69, 9.17) is 11.6 Å². The second-order valence-electron chi connectivity index (χ2n) is 7.07. The number of fused-ring (bicyclic) bond motifs is 1. The number of anilines is 1. The molecule has 2 amide bonds. The van der Waals surface area contributed by atoms with E-state index in [0.29, 0.717) is 21.2 Å². The molecule has 0 aliphatic heterocycles. The Kier molecular flexibility index (Phi) is 6.20. The Bertz CT molecular complexity index is 1330. The minimum atomic E-state index is -0.388. The van der Waals surface area contributed by atoms with Gasteiger partial charge < -0.3 is 10.4 Å². The molecule has 0 spiro atoms. The molecule has 3 N–H and O–H groups in total. The van der Waals surface area contributed by atoms with E-state index in [9.17, 15) is 14.7 Å². The van der Waals surface area contributed by atoms with E-state index < -0.39 is 0 Å². The number of thiophene rings is 1. The highest BCUT2D eigenvalue weighted by Crippen LogP contribution is 2.36. The highest BCUT2D eigenvalue weighted by Gasteiger charge is 2.17. The quantitative estimate of drug-likeness (QED) is 0.266. The molecule has 0 radical (unpaired) electrons. The van der Waals surface area contributed by atoms with Crippen molar-refractivity contribution >= 4 is 56.7 Å². The first-order valence-corrected chi connectivity index (χ1v) is 10.8. The largest absolute Gasteiger partial charge is 0.508 e. The monoisotopic (exact) mass is 463 g/mol. The standard InChI is InChI=1S/C24H18ClN3O3S/c1-14-2-11-19-20(12-14)32-22(21(19)25)24(31)27-17-7-5-16(6-8-17)23(30)28-26-13-15-3-9-18(29)10-4-15/h2-13,29H,1H3,(H,27,31)(H,28,30)/b26-13-. The number of amides is 2. The third-order valence-corrected chi connectivity index (χ3v) is 6.32. The second-order valence-corrected chi connectivity index (χ2v) is 8.50. The van der Waals surface area contributed by atoms with Crippen molar-refractivity contribution in [3.63, 3.8) is 0 Å². The summed E-state index contributed by atoms with van der Waals surface area (Å²) in [5.74, 6) is -0.534. The number of aromatic hydroxyl groups is 1. The van der Waals surface area contributed by atoms with Gasteiger partial charge in [-0.25, -0.2) is 5.43 Å². The first kappa shape index (κ1) is 21.5. The molecule has 1 heterocycles. The van der Waals surface area contributed by atoms with Crippen LogP contribution in [-0.4, -0.2) is 23.1 Å². The number of carbonyl (C=O) groups excluding carboxylic acids is 2. The molecule has 0 unspecified atom stereocenters. The number of nitrogens with one attached hydrogen (secondary N) is 2. The molecule has 0 fully saturated rings. The number of aryl methyl sites for hydroxylation is 1. The van der Waals surface area contributed by atoms with Gasteiger partial charge in [0.05, 0.1) is 11.2 Å². The number of hydrogen-bond donors (Lipinski definition) is 3. The number of phenolic OH excluding ortho intramolecular Hbond substituents is 1. The van der Waals surface area contributed by atoms with Gasteiger partial charge >= 0.3 is 0 Å². The summed E-state index contributed by atoms with van der Waals surface area (Å²) in [7, 11) is 0. The van der Waals surface area contributed by atoms with E-state index in [1.165, 1.54) is 29.7 Å². The average Bonchev–Trinajstić information content (AvgIpc) is 3.11. The molecular formula is C24H18ClN3O3S. The van der Waals surface area contributed by atoms with Crippen molar-refractivity contribution in [1.29, 1.82) is 0 Å². The molecule has 3 aromatic carbocycles. The fourth-order valence-corrected chi connectivity index (χ4v) is 4.51. The van der Waals surface area contributed by atoms with E-state index >= 15 is 0 Å². The maximum atomic E-state index is 12.7. The van der Waals surface area contributed by atoms with Gasteiger partial charge in [0.15, 0.2) is 0 Å². The van der Waals surface area contributed by atoms with Crippen molar-refractivity contribution in [3.05, 3.63) is 93.3 Å². The van der Waals surface area contributed by atoms with E-state index in [2.05, 4.69) is 15.8 Å². The number of nitrogens with zero attached hydrogens (tertiary/aromatic N) is 1. The fourth-order valence-electron chi connectivity index (χ4n) is 3.00. The van der Waals surface area contributed by atoms with Crippen LogP contribution in [0.4, 0.5) is 5.69 Å². The summed E-state index contributed by atoms with van der Waals surface area (Å²) >= 11 is 7.75. The number of halogens is 1. The highest BCUT2D eigenvalue weighted by atomic mass is 35.5. The average molecular weight is 464 g/mol. The molecule has 32 heavy (non-hydrogen) atoms. The molecule has 0 aliphatic carbocycles. The second kappa shape index (κ2) is 9.21. The third kappa shape index (κ3) is 4.80. The van der Waals surface area contributed by atoms with Crippen LogP contribution in [-0.2, 0) is 0 Å². The smallest absolute Gasteiger partial charge is 0.271 e. The lowest BCUT2D eigenvalue weighted by atomic mass is 10.2. The van der Waals surface area contributed by atoms with Crippen molar-refractivity contribution < 1.29 is 14.7 Å². The summed E-state index contributed by atoms with van der Waals surface area (Å²) in [5.41, 5.74) is 5.21. The summed E-state index contributed by atoms with van der Waals surface area (Å²) in [4.78, 5) is 25.4. The van der Waals surface area contributed by atoms with Gasteiger partial charge in [0.25, 0.3) is 11.8 Å². The van der Waals surface area contributed by atoms with Crippen molar-refractivity contribution in [3.8, 4) is 5.75 Å². The summed E-state index contributed by atoms with van der Waals surface area (Å²) in [6, 6.07) is 18.8. The van der Waals surface area contributed by atoms with Gasteiger partial charge in [0, 0.05) is 21.3 Å². The zero-order valence-corrected chi connectivity index (χ0v) is 18.5. The van der Waals surface area contributed by atoms with Gasteiger partial charge in [-0.3, -0.25) is 9.59 Å². The molecule has 4 rings (SSSR count). The number of carbonyl (C=O) groups is 2. The summed E-state index contributed by atoms with van der Waals surface area (Å²) < 4.78 is 0.958.